The number of aromatic amines is 1. The van der Waals surface area contributed by atoms with Gasteiger partial charge < -0.3 is 35.3 Å². The number of likely N-dealkylation sites (tertiary alicyclic amines) is 2. The molecular weight excluding hydrogens is 678 g/mol. The fraction of sp³-hybridized carbons (Fsp3) is 0.526. The zero-order chi connectivity index (χ0) is 37.8. The highest BCUT2D eigenvalue weighted by Gasteiger charge is 2.39. The lowest BCUT2D eigenvalue weighted by Gasteiger charge is -2.31. The van der Waals surface area contributed by atoms with Gasteiger partial charge in [-0.3, -0.25) is 29.3 Å². The van der Waals surface area contributed by atoms with Gasteiger partial charge in [0.05, 0.1) is 47.8 Å². The highest BCUT2D eigenvalue weighted by Crippen LogP contribution is 2.34. The van der Waals surface area contributed by atoms with Crippen molar-refractivity contribution in [3.8, 4) is 11.3 Å². The number of alkyl carbamates (subject to hydrolysis) is 1. The number of hydrogen-bond acceptors (Lipinski definition) is 10. The van der Waals surface area contributed by atoms with Crippen LogP contribution in [0.2, 0.25) is 0 Å². The molecule has 2 fully saturated rings. The third kappa shape index (κ3) is 8.24. The van der Waals surface area contributed by atoms with Gasteiger partial charge in [0.2, 0.25) is 17.7 Å². The Morgan fingerprint density at radius 3 is 2.26 bits per heavy atom. The second-order valence-corrected chi connectivity index (χ2v) is 14.7. The van der Waals surface area contributed by atoms with E-state index in [-0.39, 0.29) is 35.7 Å². The van der Waals surface area contributed by atoms with Gasteiger partial charge in [-0.1, -0.05) is 33.8 Å². The second-order valence-electron chi connectivity index (χ2n) is 14.7. The highest BCUT2D eigenvalue weighted by atomic mass is 16.5. The number of carbonyl (C=O) groups excluding carboxylic acids is 4. The number of methoxy groups -OCH3 is 1. The molecule has 0 bridgehead atoms. The summed E-state index contributed by atoms with van der Waals surface area (Å²) in [6, 6.07) is 4.10. The summed E-state index contributed by atoms with van der Waals surface area (Å²) < 4.78 is 4.75. The molecule has 4 unspecified atom stereocenters. The van der Waals surface area contributed by atoms with Crippen LogP contribution in [0.3, 0.4) is 0 Å². The number of aliphatic imine (C=N–C) groups is 1. The minimum Gasteiger partial charge on any atom is -0.453 e. The number of hydrogen-bond donors (Lipinski definition) is 4. The van der Waals surface area contributed by atoms with E-state index in [0.29, 0.717) is 37.4 Å². The van der Waals surface area contributed by atoms with Crippen molar-refractivity contribution in [3.63, 3.8) is 0 Å². The number of benzene rings is 1. The van der Waals surface area contributed by atoms with Crippen LogP contribution in [-0.2, 0) is 25.5 Å². The average Bonchev–Trinajstić information content (AvgIpc) is 3.98. The largest absolute Gasteiger partial charge is 0.453 e. The lowest BCUT2D eigenvalue weighted by Crippen LogP contribution is -2.54. The summed E-state index contributed by atoms with van der Waals surface area (Å²) >= 11 is 0. The summed E-state index contributed by atoms with van der Waals surface area (Å²) in [5.41, 5.74) is 6.01. The predicted octanol–water partition coefficient (Wildman–Crippen LogP) is 3.46. The summed E-state index contributed by atoms with van der Waals surface area (Å²) in [6.45, 7) is 8.06. The van der Waals surface area contributed by atoms with E-state index >= 15 is 0 Å². The number of aliphatic hydroxyl groups is 1. The van der Waals surface area contributed by atoms with Crippen molar-refractivity contribution >= 4 is 40.6 Å². The molecule has 4 N–H and O–H groups in total. The molecule has 2 saturated heterocycles. The van der Waals surface area contributed by atoms with E-state index in [1.807, 2.05) is 57.0 Å². The topological polar surface area (TPSA) is 195 Å². The molecule has 4 atom stereocenters. The van der Waals surface area contributed by atoms with Crippen molar-refractivity contribution in [2.24, 2.45) is 16.8 Å². The Balaban J connectivity index is 1.08. The van der Waals surface area contributed by atoms with Crippen LogP contribution in [0.4, 0.5) is 4.79 Å². The van der Waals surface area contributed by atoms with Crippen LogP contribution in [0.15, 0.2) is 47.4 Å². The van der Waals surface area contributed by atoms with Crippen LogP contribution >= 0.6 is 0 Å². The molecule has 0 radical (unpaired) electrons. The second kappa shape index (κ2) is 16.2. The number of allylic oxidation sites excluding steroid dienone is 1. The molecule has 6 rings (SSSR count). The van der Waals surface area contributed by atoms with E-state index in [1.165, 1.54) is 7.11 Å². The molecule has 2 aromatic heterocycles. The zero-order valence-electron chi connectivity index (χ0n) is 31.0. The molecule has 0 aliphatic carbocycles. The Hall–Kier alpha value is -5.18. The number of imidazole rings is 1. The van der Waals surface area contributed by atoms with Gasteiger partial charge in [0, 0.05) is 49.6 Å². The Morgan fingerprint density at radius 2 is 1.62 bits per heavy atom. The van der Waals surface area contributed by atoms with Crippen LogP contribution in [-0.4, -0.2) is 109 Å². The van der Waals surface area contributed by atoms with Gasteiger partial charge in [-0.25, -0.2) is 9.78 Å². The number of ether oxygens (including phenoxy) is 1. The normalized spacial score (nSPS) is 19.8. The molecule has 3 aliphatic rings. The van der Waals surface area contributed by atoms with E-state index in [0.717, 1.165) is 59.3 Å². The molecule has 15 heteroatoms. The monoisotopic (exact) mass is 727 g/mol. The Labute approximate surface area is 308 Å². The first kappa shape index (κ1) is 37.6. The number of H-pyrrole nitrogens is 1. The van der Waals surface area contributed by atoms with Crippen LogP contribution in [0.25, 0.3) is 22.3 Å². The zero-order valence-corrected chi connectivity index (χ0v) is 31.0. The highest BCUT2D eigenvalue weighted by molar-refractivity contribution is 5.98. The standard InChI is InChI=1S/C38H49N9O6/c1-21(2)33(44-32(49)20-48)36(50)46-12-6-8-30(46)28-15-23(17-40-28)14-25-18-41-29(19-39-25)24-10-11-26-27(16-24)43-35(42-26)31-9-7-13-47(31)37(51)34(22(3)4)45-38(52)53-5/h10-11,16-19,21-22,30-31,33-34,48H,6-9,12-15,20H2,1-5H3,(H,42,43)(H,44,49)(H,45,52). The fourth-order valence-electron chi connectivity index (χ4n) is 7.47. The molecule has 282 valence electrons. The van der Waals surface area contributed by atoms with E-state index in [9.17, 15) is 24.3 Å². The van der Waals surface area contributed by atoms with E-state index in [2.05, 4.69) is 15.6 Å². The van der Waals surface area contributed by atoms with Gasteiger partial charge in [-0.05, 0) is 55.2 Å². The number of nitrogens with one attached hydrogen (secondary N) is 3. The molecule has 53 heavy (non-hydrogen) atoms. The summed E-state index contributed by atoms with van der Waals surface area (Å²) in [7, 11) is 1.28. The van der Waals surface area contributed by atoms with Crippen LogP contribution < -0.4 is 10.6 Å². The first-order valence-corrected chi connectivity index (χ1v) is 18.4. The van der Waals surface area contributed by atoms with Crippen molar-refractivity contribution in [1.82, 2.24) is 40.4 Å². The average molecular weight is 728 g/mol. The van der Waals surface area contributed by atoms with Crippen LogP contribution in [0, 0.1) is 11.8 Å². The first-order valence-electron chi connectivity index (χ1n) is 18.4. The number of rotatable bonds is 12. The first-order chi connectivity index (χ1) is 25.5. The molecule has 15 nitrogen and oxygen atoms in total. The number of nitrogens with zero attached hydrogens (tertiary/aromatic N) is 6. The van der Waals surface area contributed by atoms with Crippen molar-refractivity contribution in [2.75, 3.05) is 26.8 Å². The minimum atomic E-state index is -0.705. The van der Waals surface area contributed by atoms with Gasteiger partial charge in [0.1, 0.15) is 24.5 Å². The number of aliphatic hydroxyl groups excluding tert-OH is 1. The Kier molecular flexibility index (Phi) is 11.5. The third-order valence-corrected chi connectivity index (χ3v) is 10.3. The molecule has 0 spiro atoms. The van der Waals surface area contributed by atoms with Gasteiger partial charge >= 0.3 is 6.09 Å². The molecule has 5 heterocycles. The summed E-state index contributed by atoms with van der Waals surface area (Å²) in [4.78, 5) is 76.9. The third-order valence-electron chi connectivity index (χ3n) is 10.3. The number of amides is 4. The van der Waals surface area contributed by atoms with Gasteiger partial charge in [-0.2, -0.15) is 0 Å². The van der Waals surface area contributed by atoms with E-state index in [4.69, 9.17) is 24.7 Å². The molecule has 4 amide bonds. The molecule has 1 aromatic carbocycles. The van der Waals surface area contributed by atoms with Crippen LogP contribution in [0.1, 0.15) is 77.4 Å². The Morgan fingerprint density at radius 1 is 0.943 bits per heavy atom. The minimum absolute atomic E-state index is 0.117. The number of aromatic nitrogens is 4. The van der Waals surface area contributed by atoms with Crippen LogP contribution in [0.5, 0.6) is 0 Å². The lowest BCUT2D eigenvalue weighted by atomic mass is 9.98. The van der Waals surface area contributed by atoms with Crippen molar-refractivity contribution in [3.05, 3.63) is 53.9 Å². The lowest BCUT2D eigenvalue weighted by molar-refractivity contribution is -0.138. The summed E-state index contributed by atoms with van der Waals surface area (Å²) in [5.74, 6) is -0.403. The summed E-state index contributed by atoms with van der Waals surface area (Å²) in [5, 5.41) is 14.6. The Bertz CT molecular complexity index is 1900. The van der Waals surface area contributed by atoms with Gasteiger partial charge in [-0.15, -0.1) is 0 Å². The SMILES string of the molecule is COC(=O)NC(C(=O)N1CCCC1c1nc2ccc(-c3cnc(CC4=CN=C(C5CCCN5C(=O)C(NC(=O)CO)C(C)C)C4)cn3)cc2[nH]1)C(C)C. The number of carbonyl (C=O) groups is 4. The van der Waals surface area contributed by atoms with Gasteiger partial charge in [0.25, 0.3) is 0 Å². The maximum Gasteiger partial charge on any atom is 0.407 e. The molecule has 3 aliphatic heterocycles. The number of fused-ring (bicyclic) bond motifs is 1. The summed E-state index contributed by atoms with van der Waals surface area (Å²) in [6.07, 6.45) is 9.23. The van der Waals surface area contributed by atoms with Crippen molar-refractivity contribution in [1.29, 1.82) is 0 Å². The fourth-order valence-corrected chi connectivity index (χ4v) is 7.47. The van der Waals surface area contributed by atoms with Gasteiger partial charge in [0.15, 0.2) is 0 Å². The van der Waals surface area contributed by atoms with Crippen molar-refractivity contribution in [2.45, 2.75) is 90.4 Å². The quantitative estimate of drug-likeness (QED) is 0.216. The molecule has 3 aromatic rings. The maximum absolute atomic E-state index is 13.6. The maximum atomic E-state index is 13.6. The van der Waals surface area contributed by atoms with E-state index in [1.54, 1.807) is 17.3 Å². The van der Waals surface area contributed by atoms with Crippen molar-refractivity contribution < 1.29 is 29.0 Å². The molecule has 0 saturated carbocycles. The smallest absolute Gasteiger partial charge is 0.407 e. The predicted molar refractivity (Wildman–Crippen MR) is 197 cm³/mol. The molecular formula is C38H49N9O6. The van der Waals surface area contributed by atoms with E-state index < -0.39 is 30.7 Å².